The molecule has 14 heteroatoms. The third-order valence-corrected chi connectivity index (χ3v) is 7.80. The van der Waals surface area contributed by atoms with Gasteiger partial charge in [0.25, 0.3) is 0 Å². The van der Waals surface area contributed by atoms with Crippen molar-refractivity contribution in [3.63, 3.8) is 0 Å². The van der Waals surface area contributed by atoms with Crippen LogP contribution in [0.1, 0.15) is 97.3 Å². The summed E-state index contributed by atoms with van der Waals surface area (Å²) in [5.74, 6) is -0.725. The van der Waals surface area contributed by atoms with Crippen LogP contribution in [0.4, 0.5) is 0 Å². The molecule has 0 aromatic rings. The van der Waals surface area contributed by atoms with Crippen molar-refractivity contribution in [1.82, 2.24) is 5.32 Å². The molecular formula is C30H55NO12S. The Balaban J connectivity index is 2.77. The van der Waals surface area contributed by atoms with Gasteiger partial charge in [0, 0.05) is 0 Å². The zero-order valence-corrected chi connectivity index (χ0v) is 26.9. The van der Waals surface area contributed by atoms with E-state index >= 15 is 0 Å². The first-order valence-electron chi connectivity index (χ1n) is 15.8. The highest BCUT2D eigenvalue weighted by Crippen LogP contribution is 2.26. The number of carbonyl (C=O) groups is 1. The normalized spacial score (nSPS) is 25.0. The van der Waals surface area contributed by atoms with Gasteiger partial charge in [-0.05, 0) is 38.5 Å². The number of hydrogen-bond acceptors (Lipinski definition) is 11. The number of aliphatic hydroxyl groups is 5. The van der Waals surface area contributed by atoms with E-state index in [1.54, 1.807) is 6.08 Å². The monoisotopic (exact) mass is 653 g/mol. The summed E-state index contributed by atoms with van der Waals surface area (Å²) in [6.07, 6.45) is 8.02. The minimum absolute atomic E-state index is 0.226. The Hall–Kier alpha value is -1.46. The standard InChI is InChI=1S/C30H55NO12S/c1-3-5-7-9-10-11-12-13-15-17-19-24(34)29(37)31-22(23(33)18-16-14-8-6-4-2)21-41-30-27(36)28(43-44(38,39)40)26(35)25(20-32)42-30/h9-10,16,18,22-28,30,32-36H,3-8,11-15,17,19-21H2,1-2H3,(H,31,37)(H,38,39,40)/b10-9-,18-16+. The lowest BCUT2D eigenvalue weighted by atomic mass is 9.99. The van der Waals surface area contributed by atoms with Crippen LogP contribution in [-0.2, 0) is 28.9 Å². The number of unbranched alkanes of at least 4 members (excludes halogenated alkanes) is 9. The van der Waals surface area contributed by atoms with Gasteiger partial charge in [-0.25, -0.2) is 4.18 Å². The maximum absolute atomic E-state index is 12.8. The second-order valence-corrected chi connectivity index (χ2v) is 12.2. The highest BCUT2D eigenvalue weighted by Gasteiger charge is 2.48. The van der Waals surface area contributed by atoms with E-state index in [9.17, 15) is 38.7 Å². The highest BCUT2D eigenvalue weighted by atomic mass is 32.3. The van der Waals surface area contributed by atoms with Gasteiger partial charge in [-0.3, -0.25) is 9.35 Å². The van der Waals surface area contributed by atoms with E-state index in [2.05, 4.69) is 35.5 Å². The van der Waals surface area contributed by atoms with E-state index in [0.29, 0.717) is 12.8 Å². The number of carbonyl (C=O) groups excluding carboxylic acids is 1. The Morgan fingerprint density at radius 3 is 2.16 bits per heavy atom. The van der Waals surface area contributed by atoms with Crippen LogP contribution in [0.3, 0.4) is 0 Å². The Morgan fingerprint density at radius 1 is 0.909 bits per heavy atom. The molecule has 44 heavy (non-hydrogen) atoms. The lowest BCUT2D eigenvalue weighted by Crippen LogP contribution is -2.61. The molecule has 0 radical (unpaired) electrons. The van der Waals surface area contributed by atoms with Crippen LogP contribution in [0.15, 0.2) is 24.3 Å². The van der Waals surface area contributed by atoms with Gasteiger partial charge < -0.3 is 40.3 Å². The van der Waals surface area contributed by atoms with Gasteiger partial charge in [-0.1, -0.05) is 83.1 Å². The van der Waals surface area contributed by atoms with Gasteiger partial charge in [0.1, 0.15) is 30.5 Å². The fourth-order valence-electron chi connectivity index (χ4n) is 4.67. The second-order valence-electron chi connectivity index (χ2n) is 11.2. The molecule has 1 heterocycles. The number of aliphatic hydroxyl groups excluding tert-OH is 5. The molecule has 7 N–H and O–H groups in total. The molecule has 1 aliphatic rings. The molecule has 1 aliphatic heterocycles. The van der Waals surface area contributed by atoms with Crippen molar-refractivity contribution in [2.75, 3.05) is 13.2 Å². The van der Waals surface area contributed by atoms with Gasteiger partial charge in [0.2, 0.25) is 5.91 Å². The highest BCUT2D eigenvalue weighted by molar-refractivity contribution is 7.80. The molecule has 0 aromatic heterocycles. The topological polar surface area (TPSA) is 212 Å². The average Bonchev–Trinajstić information content (AvgIpc) is 2.98. The summed E-state index contributed by atoms with van der Waals surface area (Å²) in [5.41, 5.74) is 0. The molecule has 13 nitrogen and oxygen atoms in total. The van der Waals surface area contributed by atoms with Crippen molar-refractivity contribution >= 4 is 16.3 Å². The number of hydrogen-bond donors (Lipinski definition) is 7. The lowest BCUT2D eigenvalue weighted by Gasteiger charge is -2.41. The molecule has 1 rings (SSSR count). The largest absolute Gasteiger partial charge is 0.397 e. The molecule has 8 unspecified atom stereocenters. The summed E-state index contributed by atoms with van der Waals surface area (Å²) in [6, 6.07) is -1.12. The molecule has 0 aromatic carbocycles. The predicted octanol–water partition coefficient (Wildman–Crippen LogP) is 2.06. The first-order valence-corrected chi connectivity index (χ1v) is 17.2. The number of nitrogens with one attached hydrogen (secondary N) is 1. The van der Waals surface area contributed by atoms with E-state index in [-0.39, 0.29) is 6.42 Å². The van der Waals surface area contributed by atoms with Crippen molar-refractivity contribution < 1.29 is 57.0 Å². The van der Waals surface area contributed by atoms with E-state index < -0.39 is 78.5 Å². The summed E-state index contributed by atoms with van der Waals surface area (Å²) < 4.78 is 46.8. The molecule has 8 atom stereocenters. The smallest absolute Gasteiger partial charge is 0.394 e. The van der Waals surface area contributed by atoms with Crippen LogP contribution < -0.4 is 5.32 Å². The Kier molecular flexibility index (Phi) is 21.2. The minimum atomic E-state index is -5.10. The summed E-state index contributed by atoms with van der Waals surface area (Å²) in [6.45, 7) is 2.95. The third-order valence-electron chi connectivity index (χ3n) is 7.33. The van der Waals surface area contributed by atoms with Crippen molar-refractivity contribution in [2.24, 2.45) is 0 Å². The van der Waals surface area contributed by atoms with Crippen LogP contribution >= 0.6 is 0 Å². The molecule has 0 spiro atoms. The average molecular weight is 654 g/mol. The van der Waals surface area contributed by atoms with Crippen molar-refractivity contribution in [3.8, 4) is 0 Å². The SMILES string of the molecule is CCCC/C=C\CCCCCCC(O)C(=O)NC(COC1OC(CO)C(O)C(OS(=O)(=O)O)C1O)C(O)/C=C/CCCCC. The zero-order valence-electron chi connectivity index (χ0n) is 26.1. The van der Waals surface area contributed by atoms with Crippen LogP contribution in [0.2, 0.25) is 0 Å². The molecule has 1 amide bonds. The van der Waals surface area contributed by atoms with Crippen molar-refractivity contribution in [2.45, 2.75) is 146 Å². The molecule has 0 bridgehead atoms. The van der Waals surface area contributed by atoms with Crippen molar-refractivity contribution in [3.05, 3.63) is 24.3 Å². The molecular weight excluding hydrogens is 598 g/mol. The molecule has 0 aliphatic carbocycles. The van der Waals surface area contributed by atoms with Crippen LogP contribution in [0.5, 0.6) is 0 Å². The first-order chi connectivity index (χ1) is 20.9. The Morgan fingerprint density at radius 2 is 1.52 bits per heavy atom. The second kappa shape index (κ2) is 23.0. The van der Waals surface area contributed by atoms with E-state index in [0.717, 1.165) is 51.4 Å². The lowest BCUT2D eigenvalue weighted by molar-refractivity contribution is -0.298. The van der Waals surface area contributed by atoms with E-state index in [4.69, 9.17) is 14.0 Å². The summed E-state index contributed by atoms with van der Waals surface area (Å²) in [7, 11) is -5.10. The van der Waals surface area contributed by atoms with Crippen molar-refractivity contribution in [1.29, 1.82) is 0 Å². The fourth-order valence-corrected chi connectivity index (χ4v) is 5.18. The Labute approximate surface area is 262 Å². The van der Waals surface area contributed by atoms with Gasteiger partial charge in [-0.15, -0.1) is 0 Å². The Bertz CT molecular complexity index is 931. The fraction of sp³-hybridized carbons (Fsp3) is 0.833. The van der Waals surface area contributed by atoms with Crippen LogP contribution in [-0.4, -0.2) is 107 Å². The number of rotatable bonds is 24. The quantitative estimate of drug-likeness (QED) is 0.0453. The molecule has 1 saturated heterocycles. The van der Waals surface area contributed by atoms with Gasteiger partial charge in [-0.2, -0.15) is 8.42 Å². The van der Waals surface area contributed by atoms with Gasteiger partial charge >= 0.3 is 10.4 Å². The molecule has 258 valence electrons. The first kappa shape index (κ1) is 40.6. The van der Waals surface area contributed by atoms with Crippen LogP contribution in [0, 0.1) is 0 Å². The van der Waals surface area contributed by atoms with E-state index in [1.807, 2.05) is 0 Å². The zero-order chi connectivity index (χ0) is 33.0. The maximum atomic E-state index is 12.8. The molecule has 0 saturated carbocycles. The number of allylic oxidation sites excluding steroid dienone is 3. The number of amides is 1. The maximum Gasteiger partial charge on any atom is 0.397 e. The van der Waals surface area contributed by atoms with E-state index in [1.165, 1.54) is 18.9 Å². The summed E-state index contributed by atoms with van der Waals surface area (Å²) >= 11 is 0. The van der Waals surface area contributed by atoms with Crippen LogP contribution in [0.25, 0.3) is 0 Å². The molecule has 1 fully saturated rings. The predicted molar refractivity (Wildman–Crippen MR) is 164 cm³/mol. The van der Waals surface area contributed by atoms with Gasteiger partial charge in [0.05, 0.1) is 25.4 Å². The summed E-state index contributed by atoms with van der Waals surface area (Å²) in [5, 5.41) is 54.1. The van der Waals surface area contributed by atoms with Gasteiger partial charge in [0.15, 0.2) is 6.29 Å². The minimum Gasteiger partial charge on any atom is -0.394 e. The number of ether oxygens (including phenoxy) is 2. The third kappa shape index (κ3) is 16.7. The summed E-state index contributed by atoms with van der Waals surface area (Å²) in [4.78, 5) is 12.8.